The SMILES string of the molecule is Cc1cc2c(N)nccc2c(C)c1CNc1cc(OCC(N)=Nc2ccc(C3CC3)cn2)ncn1. The maximum absolute atomic E-state index is 6.06. The zero-order valence-corrected chi connectivity index (χ0v) is 19.8. The Hall–Kier alpha value is -4.27. The molecule has 3 aromatic heterocycles. The molecule has 0 spiro atoms. The normalized spacial score (nSPS) is 13.7. The first kappa shape index (κ1) is 22.5. The highest BCUT2D eigenvalue weighted by atomic mass is 16.5. The zero-order chi connectivity index (χ0) is 24.4. The summed E-state index contributed by atoms with van der Waals surface area (Å²) >= 11 is 0. The van der Waals surface area contributed by atoms with Crippen LogP contribution in [0.2, 0.25) is 0 Å². The molecule has 1 fully saturated rings. The summed E-state index contributed by atoms with van der Waals surface area (Å²) in [6, 6.07) is 9.75. The van der Waals surface area contributed by atoms with E-state index in [0.29, 0.717) is 41.6 Å². The number of fused-ring (bicyclic) bond motifs is 1. The number of nitrogen functional groups attached to an aromatic ring is 1. The van der Waals surface area contributed by atoms with Crippen molar-refractivity contribution in [3.05, 3.63) is 71.3 Å². The van der Waals surface area contributed by atoms with Crippen molar-refractivity contribution in [3.8, 4) is 5.88 Å². The second-order valence-corrected chi connectivity index (χ2v) is 8.80. The number of aliphatic imine (C=N–C) groups is 1. The molecular weight excluding hydrogens is 440 g/mol. The maximum Gasteiger partial charge on any atom is 0.218 e. The minimum atomic E-state index is 0.0981. The van der Waals surface area contributed by atoms with E-state index in [-0.39, 0.29) is 6.61 Å². The molecular formula is C26H28N8O. The first-order valence-electron chi connectivity index (χ1n) is 11.6. The molecule has 178 valence electrons. The molecule has 1 aliphatic rings. The predicted molar refractivity (Wildman–Crippen MR) is 138 cm³/mol. The van der Waals surface area contributed by atoms with Gasteiger partial charge in [-0.25, -0.2) is 24.9 Å². The van der Waals surface area contributed by atoms with Gasteiger partial charge in [-0.15, -0.1) is 0 Å². The molecule has 0 unspecified atom stereocenters. The van der Waals surface area contributed by atoms with Gasteiger partial charge in [-0.1, -0.05) is 6.07 Å². The minimum Gasteiger partial charge on any atom is -0.469 e. The Morgan fingerprint density at radius 2 is 1.94 bits per heavy atom. The highest BCUT2D eigenvalue weighted by Gasteiger charge is 2.23. The number of nitrogens with one attached hydrogen (secondary N) is 1. The standard InChI is InChI=1S/C26H28N8O/c1-15-9-20-19(7-8-29-26(20)28)16(2)21(15)12-31-24-10-25(33-14-32-24)35-13-22(27)34-23-6-5-18(11-30-23)17-3-4-17/h5-11,14,17H,3-4,12-13H2,1-2H3,(H2,28,29)(H2,27,30,34)(H,31,32,33). The van der Waals surface area contributed by atoms with Gasteiger partial charge in [-0.3, -0.25) is 0 Å². The topological polar surface area (TPSA) is 137 Å². The number of nitrogens with two attached hydrogens (primary N) is 2. The van der Waals surface area contributed by atoms with E-state index in [0.717, 1.165) is 21.9 Å². The number of hydrogen-bond acceptors (Lipinski definition) is 8. The molecule has 5 rings (SSSR count). The van der Waals surface area contributed by atoms with E-state index < -0.39 is 0 Å². The van der Waals surface area contributed by atoms with E-state index in [2.05, 4.69) is 56.2 Å². The lowest BCUT2D eigenvalue weighted by Crippen LogP contribution is -2.21. The van der Waals surface area contributed by atoms with Crippen LogP contribution < -0.4 is 21.5 Å². The number of ether oxygens (including phenoxy) is 1. The van der Waals surface area contributed by atoms with E-state index in [1.807, 2.05) is 18.3 Å². The number of anilines is 2. The molecule has 0 radical (unpaired) electrons. The van der Waals surface area contributed by atoms with Gasteiger partial charge in [0.05, 0.1) is 0 Å². The number of rotatable bonds is 8. The molecule has 4 aromatic rings. The average molecular weight is 469 g/mol. The van der Waals surface area contributed by atoms with Crippen molar-refractivity contribution in [3.63, 3.8) is 0 Å². The molecule has 0 bridgehead atoms. The van der Waals surface area contributed by atoms with Crippen molar-refractivity contribution in [2.75, 3.05) is 17.7 Å². The lowest BCUT2D eigenvalue weighted by Gasteiger charge is -2.15. The van der Waals surface area contributed by atoms with Gasteiger partial charge in [0, 0.05) is 30.4 Å². The third-order valence-electron chi connectivity index (χ3n) is 6.25. The van der Waals surface area contributed by atoms with Gasteiger partial charge in [-0.2, -0.15) is 0 Å². The van der Waals surface area contributed by atoms with Crippen molar-refractivity contribution in [1.82, 2.24) is 19.9 Å². The fourth-order valence-corrected chi connectivity index (χ4v) is 4.15. The third kappa shape index (κ3) is 5.13. The van der Waals surface area contributed by atoms with Gasteiger partial charge in [0.1, 0.15) is 30.4 Å². The van der Waals surface area contributed by atoms with Crippen LogP contribution in [-0.4, -0.2) is 32.4 Å². The van der Waals surface area contributed by atoms with Crippen LogP contribution in [0.1, 0.15) is 41.0 Å². The molecule has 0 atom stereocenters. The maximum atomic E-state index is 6.06. The number of amidine groups is 1. The molecule has 5 N–H and O–H groups in total. The summed E-state index contributed by atoms with van der Waals surface area (Å²) in [5.74, 6) is 3.14. The first-order chi connectivity index (χ1) is 17.0. The molecule has 9 heteroatoms. The summed E-state index contributed by atoms with van der Waals surface area (Å²) in [5.41, 5.74) is 16.8. The number of aryl methyl sites for hydroxylation is 2. The number of benzene rings is 1. The summed E-state index contributed by atoms with van der Waals surface area (Å²) in [6.07, 6.45) is 7.54. The number of aromatic nitrogens is 4. The van der Waals surface area contributed by atoms with Crippen molar-refractivity contribution in [2.24, 2.45) is 10.7 Å². The summed E-state index contributed by atoms with van der Waals surface area (Å²) in [4.78, 5) is 21.4. The molecule has 1 aromatic carbocycles. The Bertz CT molecular complexity index is 1400. The Balaban J connectivity index is 1.22. The van der Waals surface area contributed by atoms with Crippen molar-refractivity contribution < 1.29 is 4.74 Å². The smallest absolute Gasteiger partial charge is 0.218 e. The van der Waals surface area contributed by atoms with Gasteiger partial charge in [0.25, 0.3) is 0 Å². The van der Waals surface area contributed by atoms with Gasteiger partial charge < -0.3 is 21.5 Å². The lowest BCUT2D eigenvalue weighted by atomic mass is 9.96. The Labute approximate surface area is 203 Å². The average Bonchev–Trinajstić information content (AvgIpc) is 3.70. The predicted octanol–water partition coefficient (Wildman–Crippen LogP) is 4.18. The van der Waals surface area contributed by atoms with Crippen LogP contribution in [0.25, 0.3) is 10.8 Å². The second kappa shape index (κ2) is 9.54. The Morgan fingerprint density at radius 1 is 1.09 bits per heavy atom. The lowest BCUT2D eigenvalue weighted by molar-refractivity contribution is 0.359. The Morgan fingerprint density at radius 3 is 2.71 bits per heavy atom. The number of pyridine rings is 2. The molecule has 35 heavy (non-hydrogen) atoms. The van der Waals surface area contributed by atoms with E-state index in [1.165, 1.54) is 30.3 Å². The summed E-state index contributed by atoms with van der Waals surface area (Å²) in [5, 5.41) is 5.42. The van der Waals surface area contributed by atoms with Crippen LogP contribution in [0.3, 0.4) is 0 Å². The van der Waals surface area contributed by atoms with E-state index in [1.54, 1.807) is 12.3 Å². The minimum absolute atomic E-state index is 0.0981. The highest BCUT2D eigenvalue weighted by Crippen LogP contribution is 2.39. The molecule has 1 aliphatic carbocycles. The number of hydrogen-bond donors (Lipinski definition) is 3. The quantitative estimate of drug-likeness (QED) is 0.259. The Kier molecular flexibility index (Phi) is 6.13. The van der Waals surface area contributed by atoms with Crippen molar-refractivity contribution in [1.29, 1.82) is 0 Å². The molecule has 9 nitrogen and oxygen atoms in total. The van der Waals surface area contributed by atoms with Gasteiger partial charge in [0.15, 0.2) is 5.82 Å². The summed E-state index contributed by atoms with van der Waals surface area (Å²) < 4.78 is 5.73. The van der Waals surface area contributed by atoms with Crippen LogP contribution in [0.4, 0.5) is 17.5 Å². The summed E-state index contributed by atoms with van der Waals surface area (Å²) in [7, 11) is 0. The van der Waals surface area contributed by atoms with Crippen LogP contribution in [0.15, 0.2) is 54.0 Å². The first-order valence-corrected chi connectivity index (χ1v) is 11.6. The fraction of sp³-hybridized carbons (Fsp3) is 0.269. The van der Waals surface area contributed by atoms with Crippen molar-refractivity contribution >= 4 is 34.1 Å². The third-order valence-corrected chi connectivity index (χ3v) is 6.25. The monoisotopic (exact) mass is 468 g/mol. The van der Waals surface area contributed by atoms with Crippen LogP contribution in [0, 0.1) is 13.8 Å². The molecule has 3 heterocycles. The highest BCUT2D eigenvalue weighted by molar-refractivity contribution is 5.94. The van der Waals surface area contributed by atoms with Crippen LogP contribution in [-0.2, 0) is 6.54 Å². The van der Waals surface area contributed by atoms with Crippen LogP contribution in [0.5, 0.6) is 5.88 Å². The second-order valence-electron chi connectivity index (χ2n) is 8.80. The van der Waals surface area contributed by atoms with Gasteiger partial charge in [-0.05, 0) is 78.4 Å². The summed E-state index contributed by atoms with van der Waals surface area (Å²) in [6.45, 7) is 4.86. The fourth-order valence-electron chi connectivity index (χ4n) is 4.15. The largest absolute Gasteiger partial charge is 0.469 e. The van der Waals surface area contributed by atoms with E-state index in [4.69, 9.17) is 16.2 Å². The number of nitrogens with zero attached hydrogens (tertiary/aromatic N) is 5. The van der Waals surface area contributed by atoms with E-state index in [9.17, 15) is 0 Å². The van der Waals surface area contributed by atoms with Crippen molar-refractivity contribution in [2.45, 2.75) is 39.2 Å². The molecule has 0 aliphatic heterocycles. The van der Waals surface area contributed by atoms with Gasteiger partial charge in [0.2, 0.25) is 5.88 Å². The van der Waals surface area contributed by atoms with Crippen LogP contribution >= 0.6 is 0 Å². The van der Waals surface area contributed by atoms with E-state index >= 15 is 0 Å². The molecule has 1 saturated carbocycles. The molecule has 0 saturated heterocycles. The zero-order valence-electron chi connectivity index (χ0n) is 19.8. The van der Waals surface area contributed by atoms with Gasteiger partial charge >= 0.3 is 0 Å². The molecule has 0 amide bonds.